The van der Waals surface area contributed by atoms with E-state index in [9.17, 15) is 14.0 Å². The highest BCUT2D eigenvalue weighted by molar-refractivity contribution is 5.99. The second kappa shape index (κ2) is 6.49. The number of anilines is 1. The molecule has 2 unspecified atom stereocenters. The number of carbonyl (C=O) groups is 2. The third-order valence-electron chi connectivity index (χ3n) is 6.02. The normalized spacial score (nSPS) is 29.4. The first kappa shape index (κ1) is 18.0. The van der Waals surface area contributed by atoms with Gasteiger partial charge in [-0.2, -0.15) is 0 Å². The van der Waals surface area contributed by atoms with Crippen molar-refractivity contribution in [3.63, 3.8) is 0 Å². The van der Waals surface area contributed by atoms with Gasteiger partial charge in [-0.1, -0.05) is 24.3 Å². The number of nitrogens with zero attached hydrogens (tertiary/aromatic N) is 2. The lowest BCUT2D eigenvalue weighted by molar-refractivity contribution is -0.136. The highest BCUT2D eigenvalue weighted by Crippen LogP contribution is 2.52. The van der Waals surface area contributed by atoms with Crippen LogP contribution in [0.3, 0.4) is 0 Å². The zero-order valence-corrected chi connectivity index (χ0v) is 15.8. The highest BCUT2D eigenvalue weighted by atomic mass is 19.1. The summed E-state index contributed by atoms with van der Waals surface area (Å²) >= 11 is 0. The Bertz CT molecular complexity index is 1030. The number of hydrogen-bond donors (Lipinski definition) is 1. The van der Waals surface area contributed by atoms with Gasteiger partial charge in [0.05, 0.1) is 24.5 Å². The number of carbonyl (C=O) groups excluding carboxylic acids is 2. The van der Waals surface area contributed by atoms with Crippen LogP contribution in [-0.2, 0) is 20.9 Å². The van der Waals surface area contributed by atoms with Crippen molar-refractivity contribution in [1.82, 2.24) is 9.88 Å². The molecule has 5 rings (SSSR count). The van der Waals surface area contributed by atoms with Gasteiger partial charge >= 0.3 is 0 Å². The fraction of sp³-hybridized carbons (Fsp3) is 0.318. The lowest BCUT2D eigenvalue weighted by Gasteiger charge is -2.23. The van der Waals surface area contributed by atoms with Crippen molar-refractivity contribution in [2.75, 3.05) is 11.9 Å². The third-order valence-corrected chi connectivity index (χ3v) is 6.02. The first-order valence-corrected chi connectivity index (χ1v) is 9.59. The number of likely N-dealkylation sites (tertiary alicyclic amines) is 1. The summed E-state index contributed by atoms with van der Waals surface area (Å²) in [6, 6.07) is 8.30. The van der Waals surface area contributed by atoms with E-state index in [4.69, 9.17) is 4.74 Å². The molecule has 3 aliphatic heterocycles. The molecule has 2 saturated heterocycles. The van der Waals surface area contributed by atoms with E-state index in [2.05, 4.69) is 10.3 Å². The maximum atomic E-state index is 13.8. The molecular weight excluding hydrogens is 373 g/mol. The van der Waals surface area contributed by atoms with Gasteiger partial charge in [-0.25, -0.2) is 4.39 Å². The van der Waals surface area contributed by atoms with Gasteiger partial charge in [-0.3, -0.25) is 14.6 Å². The smallest absolute Gasteiger partial charge is 0.231 e. The molecule has 0 aliphatic carbocycles. The molecule has 2 aromatic rings. The molecule has 3 aliphatic rings. The Balaban J connectivity index is 1.38. The molecule has 4 heterocycles. The average Bonchev–Trinajstić information content (AvgIpc) is 3.34. The fourth-order valence-electron chi connectivity index (χ4n) is 4.62. The zero-order valence-electron chi connectivity index (χ0n) is 15.8. The quantitative estimate of drug-likeness (QED) is 0.810. The van der Waals surface area contributed by atoms with Crippen LogP contribution in [0.25, 0.3) is 0 Å². The van der Waals surface area contributed by atoms with Crippen LogP contribution >= 0.6 is 0 Å². The molecule has 2 amide bonds. The fourth-order valence-corrected chi connectivity index (χ4v) is 4.62. The maximum absolute atomic E-state index is 13.8. The van der Waals surface area contributed by atoms with Crippen molar-refractivity contribution >= 4 is 17.5 Å². The molecule has 29 heavy (non-hydrogen) atoms. The number of amides is 2. The minimum atomic E-state index is -0.773. The summed E-state index contributed by atoms with van der Waals surface area (Å²) in [7, 11) is 0. The number of halogens is 1. The van der Waals surface area contributed by atoms with E-state index in [0.29, 0.717) is 24.3 Å². The van der Waals surface area contributed by atoms with Crippen molar-refractivity contribution in [3.8, 4) is 0 Å². The maximum Gasteiger partial charge on any atom is 0.231 e. The summed E-state index contributed by atoms with van der Waals surface area (Å²) in [5.74, 6) is -2.04. The summed E-state index contributed by atoms with van der Waals surface area (Å²) in [6.07, 6.45) is 6.74. The van der Waals surface area contributed by atoms with Crippen LogP contribution < -0.4 is 5.32 Å². The Labute approximate surface area is 167 Å². The third kappa shape index (κ3) is 2.84. The number of nitrogens with one attached hydrogen (secondary N) is 1. The SMILES string of the molecule is Cc1ccc(NC(=O)C2[C@@H]3C=CC4(CN(Cc5cccnc5)C(=O)[C@H]24)O3)cc1F. The van der Waals surface area contributed by atoms with Gasteiger partial charge in [0.2, 0.25) is 11.8 Å². The van der Waals surface area contributed by atoms with Crippen molar-refractivity contribution in [3.05, 3.63) is 71.8 Å². The predicted octanol–water partition coefficient (Wildman–Crippen LogP) is 2.45. The molecule has 7 heteroatoms. The van der Waals surface area contributed by atoms with Gasteiger partial charge in [0.1, 0.15) is 11.4 Å². The molecule has 6 nitrogen and oxygen atoms in total. The second-order valence-electron chi connectivity index (χ2n) is 7.91. The molecule has 2 bridgehead atoms. The summed E-state index contributed by atoms with van der Waals surface area (Å²) < 4.78 is 20.0. The lowest BCUT2D eigenvalue weighted by atomic mass is 9.77. The van der Waals surface area contributed by atoms with Gasteiger partial charge in [-0.05, 0) is 36.2 Å². The van der Waals surface area contributed by atoms with Crippen LogP contribution in [0.15, 0.2) is 54.9 Å². The van der Waals surface area contributed by atoms with Crippen molar-refractivity contribution in [1.29, 1.82) is 0 Å². The molecule has 0 saturated carbocycles. The first-order valence-electron chi connectivity index (χ1n) is 9.59. The number of hydrogen-bond acceptors (Lipinski definition) is 4. The van der Waals surface area contributed by atoms with Crippen LogP contribution in [0.5, 0.6) is 0 Å². The van der Waals surface area contributed by atoms with E-state index >= 15 is 0 Å². The number of aromatic nitrogens is 1. The zero-order chi connectivity index (χ0) is 20.2. The second-order valence-corrected chi connectivity index (χ2v) is 7.91. The topological polar surface area (TPSA) is 71.5 Å². The molecule has 2 fully saturated rings. The molecule has 1 spiro atoms. The molecule has 4 atom stereocenters. The number of ether oxygens (including phenoxy) is 1. The molecular formula is C22H20FN3O3. The molecule has 1 aromatic carbocycles. The van der Waals surface area contributed by atoms with E-state index in [-0.39, 0.29) is 17.6 Å². The summed E-state index contributed by atoms with van der Waals surface area (Å²) in [6.45, 7) is 2.49. The minimum absolute atomic E-state index is 0.101. The van der Waals surface area contributed by atoms with E-state index in [1.165, 1.54) is 6.07 Å². The van der Waals surface area contributed by atoms with Crippen molar-refractivity contribution in [2.45, 2.75) is 25.2 Å². The minimum Gasteiger partial charge on any atom is -0.360 e. The number of benzene rings is 1. The van der Waals surface area contributed by atoms with Gasteiger partial charge in [0, 0.05) is 24.6 Å². The molecule has 1 N–H and O–H groups in total. The van der Waals surface area contributed by atoms with E-state index in [1.54, 1.807) is 36.4 Å². The van der Waals surface area contributed by atoms with Crippen molar-refractivity contribution < 1.29 is 18.7 Å². The van der Waals surface area contributed by atoms with Crippen LogP contribution in [0.4, 0.5) is 10.1 Å². The summed E-state index contributed by atoms with van der Waals surface area (Å²) in [5.41, 5.74) is 1.03. The van der Waals surface area contributed by atoms with E-state index in [0.717, 1.165) is 5.56 Å². The Morgan fingerprint density at radius 2 is 2.28 bits per heavy atom. The van der Waals surface area contributed by atoms with E-state index in [1.807, 2.05) is 24.3 Å². The van der Waals surface area contributed by atoms with Gasteiger partial charge in [0.25, 0.3) is 0 Å². The lowest BCUT2D eigenvalue weighted by Crippen LogP contribution is -2.41. The van der Waals surface area contributed by atoms with Gasteiger partial charge in [0.15, 0.2) is 0 Å². The number of fused-ring (bicyclic) bond motifs is 1. The van der Waals surface area contributed by atoms with Crippen LogP contribution in [0, 0.1) is 24.6 Å². The Hall–Kier alpha value is -3.06. The number of pyridine rings is 1. The van der Waals surface area contributed by atoms with Crippen LogP contribution in [0.2, 0.25) is 0 Å². The summed E-state index contributed by atoms with van der Waals surface area (Å²) in [5, 5.41) is 2.76. The van der Waals surface area contributed by atoms with Crippen LogP contribution in [0.1, 0.15) is 11.1 Å². The van der Waals surface area contributed by atoms with Gasteiger partial charge in [-0.15, -0.1) is 0 Å². The Morgan fingerprint density at radius 3 is 3.03 bits per heavy atom. The Morgan fingerprint density at radius 1 is 1.41 bits per heavy atom. The van der Waals surface area contributed by atoms with E-state index < -0.39 is 23.5 Å². The molecule has 148 valence electrons. The van der Waals surface area contributed by atoms with Crippen LogP contribution in [-0.4, -0.2) is 39.9 Å². The largest absolute Gasteiger partial charge is 0.360 e. The molecule has 1 aromatic heterocycles. The van der Waals surface area contributed by atoms with Gasteiger partial charge < -0.3 is 15.0 Å². The number of aryl methyl sites for hydroxylation is 1. The molecule has 0 radical (unpaired) electrons. The average molecular weight is 393 g/mol. The first-order chi connectivity index (χ1) is 14.0. The van der Waals surface area contributed by atoms with Crippen molar-refractivity contribution in [2.24, 2.45) is 11.8 Å². The highest BCUT2D eigenvalue weighted by Gasteiger charge is 2.66. The standard InChI is InChI=1S/C22H20FN3O3/c1-13-4-5-15(9-16(13)23)25-20(27)18-17-6-7-22(29-17)12-26(21(28)19(18)22)11-14-3-2-8-24-10-14/h2-10,17-19H,11-12H2,1H3,(H,25,27)/t17-,18?,19-,22?/m0/s1. The summed E-state index contributed by atoms with van der Waals surface area (Å²) in [4.78, 5) is 32.0. The monoisotopic (exact) mass is 393 g/mol. The Kier molecular flexibility index (Phi) is 4.03. The number of rotatable bonds is 4. The predicted molar refractivity (Wildman–Crippen MR) is 103 cm³/mol.